The number of hydrogen-bond acceptors (Lipinski definition) is 7. The van der Waals surface area contributed by atoms with Gasteiger partial charge in [0.25, 0.3) is 0 Å². The number of nitrogens with one attached hydrogen (secondary N) is 2. The van der Waals surface area contributed by atoms with E-state index in [0.717, 1.165) is 25.8 Å². The highest BCUT2D eigenvalue weighted by molar-refractivity contribution is 7.99. The van der Waals surface area contributed by atoms with Crippen LogP contribution in [-0.4, -0.2) is 76.0 Å². The van der Waals surface area contributed by atoms with Gasteiger partial charge in [0.05, 0.1) is 12.1 Å². The van der Waals surface area contributed by atoms with Crippen LogP contribution in [0.15, 0.2) is 0 Å². The van der Waals surface area contributed by atoms with Crippen LogP contribution in [0.1, 0.15) is 47.0 Å². The van der Waals surface area contributed by atoms with Crippen LogP contribution in [-0.2, 0) is 9.53 Å². The monoisotopic (exact) mass is 418 g/mol. The highest BCUT2D eigenvalue weighted by Gasteiger charge is 2.47. The van der Waals surface area contributed by atoms with E-state index in [4.69, 9.17) is 4.74 Å². The van der Waals surface area contributed by atoms with Gasteiger partial charge in [-0.1, -0.05) is 34.1 Å². The predicted octanol–water partition coefficient (Wildman–Crippen LogP) is 0.712. The molecule has 2 aliphatic heterocycles. The number of carbonyl (C=O) groups is 1. The third-order valence-electron chi connectivity index (χ3n) is 5.91. The Morgan fingerprint density at radius 1 is 1.18 bits per heavy atom. The average molecular weight is 419 g/mol. The zero-order chi connectivity index (χ0) is 21.0. The summed E-state index contributed by atoms with van der Waals surface area (Å²) in [5, 5.41) is 37.1. The first-order chi connectivity index (χ1) is 13.1. The fraction of sp³-hybridized carbons (Fsp3) is 0.950. The van der Waals surface area contributed by atoms with Crippen LogP contribution < -0.4 is 10.6 Å². The molecule has 5 N–H and O–H groups in total. The molecule has 0 aromatic heterocycles. The standard InChI is InChI=1S/C20H38N2O5S/c1-10(2)6-7-12-8-13(21-9-12)19(26)22-14(11(3)4)18-16(24)15(23)17(25)20(27-18)28-5/h10-18,20-21,23-25H,6-9H2,1-5H3,(H,22,26). The number of aliphatic hydroxyl groups is 3. The second-order valence-electron chi connectivity index (χ2n) is 8.99. The lowest BCUT2D eigenvalue weighted by Crippen LogP contribution is -2.64. The van der Waals surface area contributed by atoms with Gasteiger partial charge < -0.3 is 30.7 Å². The summed E-state index contributed by atoms with van der Waals surface area (Å²) >= 11 is 1.28. The molecular weight excluding hydrogens is 380 g/mol. The Morgan fingerprint density at radius 2 is 1.86 bits per heavy atom. The molecule has 28 heavy (non-hydrogen) atoms. The number of carbonyl (C=O) groups excluding carboxylic acids is 1. The van der Waals surface area contributed by atoms with Crippen molar-refractivity contribution in [2.75, 3.05) is 12.8 Å². The molecular formula is C20H38N2O5S. The molecule has 2 aliphatic rings. The van der Waals surface area contributed by atoms with E-state index in [-0.39, 0.29) is 17.9 Å². The topological polar surface area (TPSA) is 111 Å². The van der Waals surface area contributed by atoms with Crippen molar-refractivity contribution in [3.05, 3.63) is 0 Å². The molecule has 7 nitrogen and oxygen atoms in total. The molecule has 0 aliphatic carbocycles. The lowest BCUT2D eigenvalue weighted by molar-refractivity contribution is -0.208. The summed E-state index contributed by atoms with van der Waals surface area (Å²) in [6.07, 6.45) is 0.353. The van der Waals surface area contributed by atoms with Gasteiger partial charge in [0, 0.05) is 0 Å². The Hall–Kier alpha value is -0.380. The molecule has 1 amide bonds. The molecule has 8 unspecified atom stereocenters. The quantitative estimate of drug-likeness (QED) is 0.395. The van der Waals surface area contributed by atoms with Gasteiger partial charge in [0.15, 0.2) is 0 Å². The van der Waals surface area contributed by atoms with Gasteiger partial charge in [-0.3, -0.25) is 4.79 Å². The van der Waals surface area contributed by atoms with Crippen molar-refractivity contribution in [3.8, 4) is 0 Å². The molecule has 2 fully saturated rings. The number of thioether (sulfide) groups is 1. The summed E-state index contributed by atoms with van der Waals surface area (Å²) in [5.41, 5.74) is -0.647. The molecule has 0 bridgehead atoms. The highest BCUT2D eigenvalue weighted by Crippen LogP contribution is 2.30. The van der Waals surface area contributed by atoms with Crippen molar-refractivity contribution in [3.63, 3.8) is 0 Å². The summed E-state index contributed by atoms with van der Waals surface area (Å²) in [6.45, 7) is 9.16. The third kappa shape index (κ3) is 5.83. The minimum atomic E-state index is -1.31. The lowest BCUT2D eigenvalue weighted by Gasteiger charge is -2.44. The Kier molecular flexibility index (Phi) is 9.04. The first kappa shape index (κ1) is 23.9. The van der Waals surface area contributed by atoms with Crippen LogP contribution in [0.4, 0.5) is 0 Å². The number of ether oxygens (including phenoxy) is 1. The average Bonchev–Trinajstić information content (AvgIpc) is 3.12. The normalized spacial score (nSPS) is 37.4. The molecule has 0 radical (unpaired) electrons. The zero-order valence-electron chi connectivity index (χ0n) is 17.7. The highest BCUT2D eigenvalue weighted by atomic mass is 32.2. The van der Waals surface area contributed by atoms with Crippen molar-refractivity contribution < 1.29 is 24.9 Å². The fourth-order valence-electron chi connectivity index (χ4n) is 4.06. The molecule has 164 valence electrons. The van der Waals surface area contributed by atoms with Gasteiger partial charge in [0.1, 0.15) is 29.9 Å². The van der Waals surface area contributed by atoms with Gasteiger partial charge in [-0.15, -0.1) is 11.8 Å². The number of hydrogen-bond donors (Lipinski definition) is 5. The summed E-state index contributed by atoms with van der Waals surface area (Å²) in [5.74, 6) is 1.06. The smallest absolute Gasteiger partial charge is 0.237 e. The first-order valence-corrected chi connectivity index (χ1v) is 11.7. The summed E-state index contributed by atoms with van der Waals surface area (Å²) < 4.78 is 5.87. The van der Waals surface area contributed by atoms with E-state index in [1.807, 2.05) is 13.8 Å². The maximum Gasteiger partial charge on any atom is 0.237 e. The van der Waals surface area contributed by atoms with Crippen molar-refractivity contribution in [2.45, 2.75) is 88.9 Å². The molecule has 8 heteroatoms. The first-order valence-electron chi connectivity index (χ1n) is 10.4. The molecule has 0 aromatic rings. The number of amides is 1. The van der Waals surface area contributed by atoms with Crippen molar-refractivity contribution >= 4 is 17.7 Å². The van der Waals surface area contributed by atoms with Crippen LogP contribution in [0.3, 0.4) is 0 Å². The lowest BCUT2D eigenvalue weighted by atomic mass is 9.88. The summed E-state index contributed by atoms with van der Waals surface area (Å²) in [6, 6.07) is -0.707. The van der Waals surface area contributed by atoms with Crippen LogP contribution in [0.25, 0.3) is 0 Å². The molecule has 0 saturated carbocycles. The van der Waals surface area contributed by atoms with Crippen LogP contribution in [0.2, 0.25) is 0 Å². The summed E-state index contributed by atoms with van der Waals surface area (Å²) in [7, 11) is 0. The molecule has 2 rings (SSSR count). The van der Waals surface area contributed by atoms with Crippen LogP contribution >= 0.6 is 11.8 Å². The Labute approximate surface area is 173 Å². The minimum Gasteiger partial charge on any atom is -0.388 e. The van der Waals surface area contributed by atoms with Crippen molar-refractivity contribution in [2.24, 2.45) is 17.8 Å². The van der Waals surface area contributed by atoms with Crippen LogP contribution in [0.5, 0.6) is 0 Å². The van der Waals surface area contributed by atoms with E-state index in [1.54, 1.807) is 6.26 Å². The van der Waals surface area contributed by atoms with Gasteiger partial charge in [-0.05, 0) is 43.4 Å². The van der Waals surface area contributed by atoms with Crippen molar-refractivity contribution in [1.29, 1.82) is 0 Å². The zero-order valence-corrected chi connectivity index (χ0v) is 18.5. The van der Waals surface area contributed by atoms with E-state index < -0.39 is 35.9 Å². The maximum atomic E-state index is 12.9. The fourth-order valence-corrected chi connectivity index (χ4v) is 4.74. The molecule has 8 atom stereocenters. The largest absolute Gasteiger partial charge is 0.388 e. The van der Waals surface area contributed by atoms with Gasteiger partial charge in [0.2, 0.25) is 5.91 Å². The second kappa shape index (κ2) is 10.6. The second-order valence-corrected chi connectivity index (χ2v) is 9.92. The Balaban J connectivity index is 1.99. The molecule has 0 spiro atoms. The van der Waals surface area contributed by atoms with E-state index in [2.05, 4.69) is 24.5 Å². The summed E-state index contributed by atoms with van der Waals surface area (Å²) in [4.78, 5) is 12.9. The molecule has 2 saturated heterocycles. The minimum absolute atomic E-state index is 0.00769. The predicted molar refractivity (Wildman–Crippen MR) is 111 cm³/mol. The Morgan fingerprint density at radius 3 is 2.43 bits per heavy atom. The van der Waals surface area contributed by atoms with Crippen molar-refractivity contribution in [1.82, 2.24) is 10.6 Å². The van der Waals surface area contributed by atoms with E-state index >= 15 is 0 Å². The molecule has 0 aromatic carbocycles. The van der Waals surface area contributed by atoms with Gasteiger partial charge in [-0.2, -0.15) is 0 Å². The van der Waals surface area contributed by atoms with E-state index in [9.17, 15) is 20.1 Å². The van der Waals surface area contributed by atoms with Gasteiger partial charge in [-0.25, -0.2) is 0 Å². The SMILES string of the molecule is CSC1OC(C(NC(=O)C2CC(CCC(C)C)CN2)C(C)C)C(O)C(O)C1O. The number of aliphatic hydroxyl groups excluding tert-OH is 3. The number of rotatable bonds is 8. The van der Waals surface area contributed by atoms with Crippen LogP contribution in [0, 0.1) is 17.8 Å². The molecule has 2 heterocycles. The van der Waals surface area contributed by atoms with Gasteiger partial charge >= 0.3 is 0 Å². The maximum absolute atomic E-state index is 12.9. The Bertz CT molecular complexity index is 505. The van der Waals surface area contributed by atoms with E-state index in [1.165, 1.54) is 11.8 Å². The van der Waals surface area contributed by atoms with E-state index in [0.29, 0.717) is 11.8 Å². The third-order valence-corrected chi connectivity index (χ3v) is 6.77.